The molecule has 2 unspecified atom stereocenters. The number of likely N-dealkylation sites (tertiary alicyclic amines) is 1. The van der Waals surface area contributed by atoms with Crippen molar-refractivity contribution in [3.05, 3.63) is 23.0 Å². The maximum atomic E-state index is 12.7. The van der Waals surface area contributed by atoms with Gasteiger partial charge in [0.1, 0.15) is 0 Å². The zero-order chi connectivity index (χ0) is 14.9. The Morgan fingerprint density at radius 1 is 1.30 bits per heavy atom. The molecule has 2 heterocycles. The second-order valence-electron chi connectivity index (χ2n) is 6.11. The molecule has 2 rings (SSSR count). The van der Waals surface area contributed by atoms with E-state index in [2.05, 4.69) is 50.2 Å². The average Bonchev–Trinajstić information content (AvgIpc) is 2.91. The van der Waals surface area contributed by atoms with Gasteiger partial charge in [0, 0.05) is 35.6 Å². The van der Waals surface area contributed by atoms with E-state index in [1.165, 1.54) is 18.5 Å². The predicted octanol–water partition coefficient (Wildman–Crippen LogP) is 3.57. The Bertz CT molecular complexity index is 489. The van der Waals surface area contributed by atoms with Crippen LogP contribution in [0.25, 0.3) is 0 Å². The van der Waals surface area contributed by atoms with E-state index in [4.69, 9.17) is 0 Å². The molecule has 1 aromatic heterocycles. The Hall–Kier alpha value is -1.09. The first-order valence-corrected chi connectivity index (χ1v) is 7.95. The molecule has 3 heteroatoms. The van der Waals surface area contributed by atoms with Crippen LogP contribution in [0.4, 0.5) is 0 Å². The maximum Gasteiger partial charge on any atom is 0.178 e. The monoisotopic (exact) mass is 276 g/mol. The van der Waals surface area contributed by atoms with Gasteiger partial charge in [-0.25, -0.2) is 0 Å². The Kier molecular flexibility index (Phi) is 4.69. The number of aryl methyl sites for hydroxylation is 1. The second-order valence-corrected chi connectivity index (χ2v) is 6.11. The molecule has 3 nitrogen and oxygen atoms in total. The van der Waals surface area contributed by atoms with Crippen molar-refractivity contribution in [1.82, 2.24) is 9.47 Å². The highest BCUT2D eigenvalue weighted by atomic mass is 16.1. The molecule has 0 spiro atoms. The molecule has 0 aliphatic carbocycles. The largest absolute Gasteiger partial charge is 0.349 e. The first-order chi connectivity index (χ1) is 9.49. The van der Waals surface area contributed by atoms with Gasteiger partial charge in [-0.15, -0.1) is 0 Å². The summed E-state index contributed by atoms with van der Waals surface area (Å²) in [5.74, 6) is 0.282. The number of carbonyl (C=O) groups is 1. The number of nitrogens with zero attached hydrogens (tertiary/aromatic N) is 2. The first kappa shape index (κ1) is 15.3. The predicted molar refractivity (Wildman–Crippen MR) is 83.4 cm³/mol. The third kappa shape index (κ3) is 2.69. The van der Waals surface area contributed by atoms with Crippen LogP contribution in [-0.4, -0.2) is 33.9 Å². The standard InChI is InChI=1S/C17H28N2O/c1-6-15-9-8-12(3)19(15)11-17(20)16-10-13(4)18(7-2)14(16)5/h10,12,15H,6-9,11H2,1-5H3. The molecule has 1 aromatic rings. The molecular formula is C17H28N2O. The molecule has 112 valence electrons. The Morgan fingerprint density at radius 2 is 2.00 bits per heavy atom. The third-order valence-electron chi connectivity index (χ3n) is 4.94. The zero-order valence-electron chi connectivity index (χ0n) is 13.6. The molecular weight excluding hydrogens is 248 g/mol. The van der Waals surface area contributed by atoms with Crippen molar-refractivity contribution in [3.8, 4) is 0 Å². The summed E-state index contributed by atoms with van der Waals surface area (Å²) in [6.07, 6.45) is 3.60. The van der Waals surface area contributed by atoms with Crippen molar-refractivity contribution in [2.24, 2.45) is 0 Å². The van der Waals surface area contributed by atoms with E-state index in [9.17, 15) is 4.79 Å². The van der Waals surface area contributed by atoms with Gasteiger partial charge < -0.3 is 4.57 Å². The fourth-order valence-electron chi connectivity index (χ4n) is 3.67. The van der Waals surface area contributed by atoms with Crippen LogP contribution >= 0.6 is 0 Å². The summed E-state index contributed by atoms with van der Waals surface area (Å²) < 4.78 is 2.22. The Labute approximate surface area is 123 Å². The van der Waals surface area contributed by atoms with Gasteiger partial charge in [0.2, 0.25) is 0 Å². The van der Waals surface area contributed by atoms with Crippen LogP contribution in [0, 0.1) is 13.8 Å². The van der Waals surface area contributed by atoms with Crippen LogP contribution in [0.15, 0.2) is 6.07 Å². The molecule has 0 amide bonds. The summed E-state index contributed by atoms with van der Waals surface area (Å²) in [5, 5.41) is 0. The summed E-state index contributed by atoms with van der Waals surface area (Å²) >= 11 is 0. The molecule has 0 radical (unpaired) electrons. The number of rotatable bonds is 5. The van der Waals surface area contributed by atoms with Gasteiger partial charge in [-0.2, -0.15) is 0 Å². The van der Waals surface area contributed by atoms with Gasteiger partial charge in [0.05, 0.1) is 6.54 Å². The van der Waals surface area contributed by atoms with E-state index in [1.807, 2.05) is 0 Å². The lowest BCUT2D eigenvalue weighted by Crippen LogP contribution is -2.38. The third-order valence-corrected chi connectivity index (χ3v) is 4.94. The van der Waals surface area contributed by atoms with Crippen molar-refractivity contribution in [3.63, 3.8) is 0 Å². The highest BCUT2D eigenvalue weighted by molar-refractivity contribution is 5.99. The van der Waals surface area contributed by atoms with E-state index < -0.39 is 0 Å². The van der Waals surface area contributed by atoms with E-state index >= 15 is 0 Å². The van der Waals surface area contributed by atoms with Crippen LogP contribution in [0.2, 0.25) is 0 Å². The minimum absolute atomic E-state index is 0.282. The van der Waals surface area contributed by atoms with Crippen LogP contribution in [-0.2, 0) is 6.54 Å². The number of aromatic nitrogens is 1. The normalized spacial score (nSPS) is 23.4. The SMILES string of the molecule is CCC1CCC(C)N1CC(=O)c1cc(C)n(CC)c1C. The molecule has 1 fully saturated rings. The van der Waals surface area contributed by atoms with Crippen molar-refractivity contribution in [2.75, 3.05) is 6.54 Å². The fraction of sp³-hybridized carbons (Fsp3) is 0.706. The van der Waals surface area contributed by atoms with Crippen molar-refractivity contribution >= 4 is 5.78 Å². The highest BCUT2D eigenvalue weighted by Gasteiger charge is 2.31. The lowest BCUT2D eigenvalue weighted by molar-refractivity contribution is 0.0888. The summed E-state index contributed by atoms with van der Waals surface area (Å²) in [7, 11) is 0. The molecule has 0 bridgehead atoms. The van der Waals surface area contributed by atoms with Gasteiger partial charge in [-0.1, -0.05) is 6.92 Å². The van der Waals surface area contributed by atoms with Gasteiger partial charge >= 0.3 is 0 Å². The van der Waals surface area contributed by atoms with Gasteiger partial charge in [-0.05, 0) is 53.0 Å². The zero-order valence-corrected chi connectivity index (χ0v) is 13.6. The first-order valence-electron chi connectivity index (χ1n) is 7.95. The molecule has 20 heavy (non-hydrogen) atoms. The van der Waals surface area contributed by atoms with E-state index in [0.29, 0.717) is 18.6 Å². The minimum atomic E-state index is 0.282. The van der Waals surface area contributed by atoms with Crippen molar-refractivity contribution < 1.29 is 4.79 Å². The number of hydrogen-bond acceptors (Lipinski definition) is 2. The van der Waals surface area contributed by atoms with Crippen LogP contribution in [0.1, 0.15) is 61.8 Å². The number of ketones is 1. The average molecular weight is 276 g/mol. The molecule has 0 N–H and O–H groups in total. The van der Waals surface area contributed by atoms with Crippen molar-refractivity contribution in [2.45, 2.75) is 72.5 Å². The van der Waals surface area contributed by atoms with E-state index in [1.54, 1.807) is 0 Å². The number of Topliss-reactive ketones (excluding diaryl/α,β-unsaturated/α-hetero) is 1. The van der Waals surface area contributed by atoms with E-state index in [-0.39, 0.29) is 5.78 Å². The smallest absolute Gasteiger partial charge is 0.178 e. The van der Waals surface area contributed by atoms with Crippen LogP contribution in [0.3, 0.4) is 0 Å². The maximum absolute atomic E-state index is 12.7. The molecule has 0 aromatic carbocycles. The topological polar surface area (TPSA) is 25.2 Å². The lowest BCUT2D eigenvalue weighted by Gasteiger charge is -2.26. The minimum Gasteiger partial charge on any atom is -0.349 e. The number of carbonyl (C=O) groups excluding carboxylic acids is 1. The summed E-state index contributed by atoms with van der Waals surface area (Å²) in [4.78, 5) is 15.1. The molecule has 1 aliphatic heterocycles. The Morgan fingerprint density at radius 3 is 2.55 bits per heavy atom. The van der Waals surface area contributed by atoms with Crippen molar-refractivity contribution in [1.29, 1.82) is 0 Å². The van der Waals surface area contributed by atoms with Gasteiger partial charge in [0.25, 0.3) is 0 Å². The van der Waals surface area contributed by atoms with Gasteiger partial charge in [0.15, 0.2) is 5.78 Å². The van der Waals surface area contributed by atoms with Crippen LogP contribution in [0.5, 0.6) is 0 Å². The van der Waals surface area contributed by atoms with Gasteiger partial charge in [-0.3, -0.25) is 9.69 Å². The Balaban J connectivity index is 2.16. The van der Waals surface area contributed by atoms with E-state index in [0.717, 1.165) is 24.2 Å². The molecule has 2 atom stereocenters. The molecule has 1 aliphatic rings. The molecule has 1 saturated heterocycles. The molecule has 0 saturated carbocycles. The van der Waals surface area contributed by atoms with Crippen LogP contribution < -0.4 is 0 Å². The lowest BCUT2D eigenvalue weighted by atomic mass is 10.1. The number of hydrogen-bond donors (Lipinski definition) is 0. The summed E-state index contributed by atoms with van der Waals surface area (Å²) in [5.41, 5.74) is 3.23. The highest BCUT2D eigenvalue weighted by Crippen LogP contribution is 2.26. The summed E-state index contributed by atoms with van der Waals surface area (Å²) in [6, 6.07) is 3.19. The quantitative estimate of drug-likeness (QED) is 0.768. The second kappa shape index (κ2) is 6.13. The fourth-order valence-corrected chi connectivity index (χ4v) is 3.67. The summed E-state index contributed by atoms with van der Waals surface area (Å²) in [6.45, 7) is 12.3.